The number of aryl methyl sites for hydroxylation is 1. The number of piperazine rings is 1. The molecule has 3 rings (SSSR count). The fourth-order valence-electron chi connectivity index (χ4n) is 3.71. The monoisotopic (exact) mass is 418 g/mol. The van der Waals surface area contributed by atoms with Crippen molar-refractivity contribution in [1.82, 2.24) is 9.21 Å². The highest BCUT2D eigenvalue weighted by molar-refractivity contribution is 7.89. The number of benzene rings is 2. The Kier molecular flexibility index (Phi) is 7.16. The molecule has 158 valence electrons. The maximum Gasteiger partial charge on any atom is 0.246 e. The van der Waals surface area contributed by atoms with Gasteiger partial charge in [0.2, 0.25) is 10.0 Å². The lowest BCUT2D eigenvalue weighted by molar-refractivity contribution is 0.140. The first kappa shape index (κ1) is 21.6. The fourth-order valence-corrected chi connectivity index (χ4v) is 5.31. The summed E-state index contributed by atoms with van der Waals surface area (Å²) in [5, 5.41) is 0. The maximum atomic E-state index is 13.2. The van der Waals surface area contributed by atoms with E-state index in [4.69, 9.17) is 9.47 Å². The van der Waals surface area contributed by atoms with Gasteiger partial charge in [-0.1, -0.05) is 30.3 Å². The lowest BCUT2D eigenvalue weighted by Gasteiger charge is -2.37. The van der Waals surface area contributed by atoms with Gasteiger partial charge in [0.1, 0.15) is 16.4 Å². The third kappa shape index (κ3) is 5.10. The number of hydrogen-bond donors (Lipinski definition) is 0. The van der Waals surface area contributed by atoms with E-state index in [-0.39, 0.29) is 4.90 Å². The van der Waals surface area contributed by atoms with E-state index in [2.05, 4.69) is 36.1 Å². The van der Waals surface area contributed by atoms with Gasteiger partial charge < -0.3 is 9.47 Å². The van der Waals surface area contributed by atoms with E-state index in [0.29, 0.717) is 30.6 Å². The highest BCUT2D eigenvalue weighted by Gasteiger charge is 2.32. The standard InChI is InChI=1S/C22H30N2O4S/c1-18(9-10-19-7-5-4-6-8-19)23-13-15-24(16-14-23)29(25,26)22-17-20(27-2)11-12-21(22)28-3/h4-8,11-12,17-18H,9-10,13-16H2,1-3H3/t18-/m1/s1. The quantitative estimate of drug-likeness (QED) is 0.660. The second kappa shape index (κ2) is 9.61. The molecule has 1 atom stereocenters. The Hall–Kier alpha value is -2.09. The van der Waals surface area contributed by atoms with Crippen molar-refractivity contribution in [2.75, 3.05) is 40.4 Å². The van der Waals surface area contributed by atoms with Gasteiger partial charge in [-0.3, -0.25) is 4.90 Å². The number of hydrogen-bond acceptors (Lipinski definition) is 5. The van der Waals surface area contributed by atoms with Gasteiger partial charge in [0, 0.05) is 38.3 Å². The molecule has 0 radical (unpaired) electrons. The molecule has 1 fully saturated rings. The van der Waals surface area contributed by atoms with Crippen molar-refractivity contribution in [2.24, 2.45) is 0 Å². The maximum absolute atomic E-state index is 13.2. The molecule has 0 aromatic heterocycles. The summed E-state index contributed by atoms with van der Waals surface area (Å²) >= 11 is 0. The summed E-state index contributed by atoms with van der Waals surface area (Å²) in [6.45, 7) is 4.61. The van der Waals surface area contributed by atoms with Crippen LogP contribution in [-0.4, -0.2) is 64.1 Å². The van der Waals surface area contributed by atoms with Crippen molar-refractivity contribution in [3.05, 3.63) is 54.1 Å². The van der Waals surface area contributed by atoms with E-state index in [9.17, 15) is 8.42 Å². The Morgan fingerprint density at radius 1 is 0.966 bits per heavy atom. The molecular formula is C22H30N2O4S. The minimum Gasteiger partial charge on any atom is -0.497 e. The molecule has 29 heavy (non-hydrogen) atoms. The Bertz CT molecular complexity index is 894. The topological polar surface area (TPSA) is 59.1 Å². The highest BCUT2D eigenvalue weighted by Crippen LogP contribution is 2.31. The zero-order valence-corrected chi connectivity index (χ0v) is 18.2. The third-order valence-electron chi connectivity index (χ3n) is 5.58. The van der Waals surface area contributed by atoms with Crippen molar-refractivity contribution in [2.45, 2.75) is 30.7 Å². The summed E-state index contributed by atoms with van der Waals surface area (Å²) in [7, 11) is -0.639. The molecule has 1 aliphatic rings. The van der Waals surface area contributed by atoms with Gasteiger partial charge in [-0.25, -0.2) is 8.42 Å². The van der Waals surface area contributed by atoms with Gasteiger partial charge in [0.05, 0.1) is 14.2 Å². The number of nitrogens with zero attached hydrogens (tertiary/aromatic N) is 2. The van der Waals surface area contributed by atoms with Gasteiger partial charge in [-0.05, 0) is 37.5 Å². The molecule has 0 N–H and O–H groups in total. The van der Waals surface area contributed by atoms with Gasteiger partial charge in [0.15, 0.2) is 0 Å². The van der Waals surface area contributed by atoms with Crippen LogP contribution in [0.2, 0.25) is 0 Å². The van der Waals surface area contributed by atoms with Gasteiger partial charge >= 0.3 is 0 Å². The lowest BCUT2D eigenvalue weighted by atomic mass is 10.0. The van der Waals surface area contributed by atoms with E-state index in [1.807, 2.05) is 6.07 Å². The Balaban J connectivity index is 1.62. The van der Waals surface area contributed by atoms with Crippen molar-refractivity contribution in [3.63, 3.8) is 0 Å². The molecule has 0 unspecified atom stereocenters. The number of methoxy groups -OCH3 is 2. The molecule has 1 saturated heterocycles. The van der Waals surface area contributed by atoms with Crippen LogP contribution in [0.25, 0.3) is 0 Å². The first-order chi connectivity index (χ1) is 14.0. The molecule has 2 aromatic rings. The smallest absolute Gasteiger partial charge is 0.246 e. The third-order valence-corrected chi connectivity index (χ3v) is 7.50. The first-order valence-corrected chi connectivity index (χ1v) is 11.4. The summed E-state index contributed by atoms with van der Waals surface area (Å²) in [5.74, 6) is 0.835. The first-order valence-electron chi connectivity index (χ1n) is 9.96. The molecule has 2 aromatic carbocycles. The molecular weight excluding hydrogens is 388 g/mol. The Morgan fingerprint density at radius 2 is 1.66 bits per heavy atom. The van der Waals surface area contributed by atoms with E-state index < -0.39 is 10.0 Å². The number of sulfonamides is 1. The minimum absolute atomic E-state index is 0.157. The summed E-state index contributed by atoms with van der Waals surface area (Å²) in [5.41, 5.74) is 1.34. The van der Waals surface area contributed by atoms with Crippen molar-refractivity contribution in [1.29, 1.82) is 0 Å². The van der Waals surface area contributed by atoms with Crippen LogP contribution in [0.5, 0.6) is 11.5 Å². The van der Waals surface area contributed by atoms with Crippen LogP contribution in [0, 0.1) is 0 Å². The largest absolute Gasteiger partial charge is 0.497 e. The van der Waals surface area contributed by atoms with Gasteiger partial charge in [-0.15, -0.1) is 0 Å². The molecule has 0 spiro atoms. The minimum atomic E-state index is -3.64. The zero-order chi connectivity index (χ0) is 20.9. The average Bonchev–Trinajstić information content (AvgIpc) is 2.77. The van der Waals surface area contributed by atoms with Crippen LogP contribution in [0.4, 0.5) is 0 Å². The summed E-state index contributed by atoms with van der Waals surface area (Å²) in [6, 6.07) is 15.7. The molecule has 1 aliphatic heterocycles. The van der Waals surface area contributed by atoms with Crippen LogP contribution in [0.15, 0.2) is 53.4 Å². The lowest BCUT2D eigenvalue weighted by Crippen LogP contribution is -2.51. The van der Waals surface area contributed by atoms with Gasteiger partial charge in [-0.2, -0.15) is 4.31 Å². The molecule has 7 heteroatoms. The highest BCUT2D eigenvalue weighted by atomic mass is 32.2. The van der Waals surface area contributed by atoms with Crippen LogP contribution >= 0.6 is 0 Å². The number of rotatable bonds is 8. The van der Waals surface area contributed by atoms with Crippen LogP contribution in [-0.2, 0) is 16.4 Å². The zero-order valence-electron chi connectivity index (χ0n) is 17.4. The summed E-state index contributed by atoms with van der Waals surface area (Å²) in [4.78, 5) is 2.53. The average molecular weight is 419 g/mol. The molecule has 0 saturated carbocycles. The fraction of sp³-hybridized carbons (Fsp3) is 0.455. The second-order valence-electron chi connectivity index (χ2n) is 7.33. The molecule has 0 aliphatic carbocycles. The summed E-state index contributed by atoms with van der Waals surface area (Å²) < 4.78 is 38.4. The Morgan fingerprint density at radius 3 is 2.28 bits per heavy atom. The van der Waals surface area contributed by atoms with Crippen molar-refractivity contribution < 1.29 is 17.9 Å². The molecule has 0 bridgehead atoms. The van der Waals surface area contributed by atoms with Crippen molar-refractivity contribution >= 4 is 10.0 Å². The van der Waals surface area contributed by atoms with Gasteiger partial charge in [0.25, 0.3) is 0 Å². The van der Waals surface area contributed by atoms with E-state index in [1.165, 1.54) is 25.8 Å². The Labute approximate surface area is 174 Å². The van der Waals surface area contributed by atoms with Crippen molar-refractivity contribution in [3.8, 4) is 11.5 Å². The van der Waals surface area contributed by atoms with E-state index in [0.717, 1.165) is 25.9 Å². The number of ether oxygens (including phenoxy) is 2. The van der Waals surface area contributed by atoms with Crippen LogP contribution in [0.1, 0.15) is 18.9 Å². The molecule has 1 heterocycles. The van der Waals surface area contributed by atoms with E-state index >= 15 is 0 Å². The normalized spacial score (nSPS) is 17.1. The summed E-state index contributed by atoms with van der Waals surface area (Å²) in [6.07, 6.45) is 2.09. The van der Waals surface area contributed by atoms with E-state index in [1.54, 1.807) is 16.4 Å². The predicted molar refractivity (Wildman–Crippen MR) is 114 cm³/mol. The van der Waals surface area contributed by atoms with Crippen LogP contribution < -0.4 is 9.47 Å². The molecule has 6 nitrogen and oxygen atoms in total. The SMILES string of the molecule is COc1ccc(OC)c(S(=O)(=O)N2CCN([C@H](C)CCc3ccccc3)CC2)c1. The second-order valence-corrected chi connectivity index (χ2v) is 9.24. The predicted octanol–water partition coefficient (Wildman–Crippen LogP) is 3.03. The molecule has 0 amide bonds. The van der Waals surface area contributed by atoms with Crippen LogP contribution in [0.3, 0.4) is 0 Å².